The zero-order chi connectivity index (χ0) is 9.10. The SMILES string of the molecule is Clc1ccc(C=CCNC2CC2)o1. The number of hydrogen-bond acceptors (Lipinski definition) is 2. The van der Waals surface area contributed by atoms with Crippen LogP contribution in [0.4, 0.5) is 0 Å². The van der Waals surface area contributed by atoms with Crippen LogP contribution >= 0.6 is 11.6 Å². The minimum Gasteiger partial charge on any atom is -0.445 e. The summed E-state index contributed by atoms with van der Waals surface area (Å²) in [6.07, 6.45) is 6.62. The lowest BCUT2D eigenvalue weighted by atomic mass is 10.4. The molecular weight excluding hydrogens is 186 g/mol. The van der Waals surface area contributed by atoms with Gasteiger partial charge >= 0.3 is 0 Å². The molecule has 1 aliphatic carbocycles. The molecule has 1 heterocycles. The second-order valence-electron chi connectivity index (χ2n) is 3.23. The summed E-state index contributed by atoms with van der Waals surface area (Å²) in [5, 5.41) is 3.81. The molecule has 0 atom stereocenters. The predicted octanol–water partition coefficient (Wildman–Crippen LogP) is 2.70. The fourth-order valence-electron chi connectivity index (χ4n) is 1.12. The van der Waals surface area contributed by atoms with Crippen molar-refractivity contribution in [1.29, 1.82) is 0 Å². The van der Waals surface area contributed by atoms with Crippen molar-refractivity contribution >= 4 is 17.7 Å². The Balaban J connectivity index is 1.75. The Morgan fingerprint density at radius 1 is 1.54 bits per heavy atom. The summed E-state index contributed by atoms with van der Waals surface area (Å²) >= 11 is 5.62. The zero-order valence-electron chi connectivity index (χ0n) is 7.29. The maximum absolute atomic E-state index is 5.62. The van der Waals surface area contributed by atoms with E-state index in [1.54, 1.807) is 6.07 Å². The van der Waals surface area contributed by atoms with E-state index in [0.29, 0.717) is 5.22 Å². The summed E-state index contributed by atoms with van der Waals surface area (Å²) in [7, 11) is 0. The molecule has 1 N–H and O–H groups in total. The van der Waals surface area contributed by atoms with Gasteiger partial charge in [-0.1, -0.05) is 6.08 Å². The van der Waals surface area contributed by atoms with E-state index in [-0.39, 0.29) is 0 Å². The third-order valence-electron chi connectivity index (χ3n) is 1.98. The Morgan fingerprint density at radius 3 is 3.00 bits per heavy atom. The van der Waals surface area contributed by atoms with Crippen LogP contribution < -0.4 is 5.32 Å². The molecule has 2 rings (SSSR count). The number of halogens is 1. The van der Waals surface area contributed by atoms with Crippen LogP contribution in [0.2, 0.25) is 5.22 Å². The van der Waals surface area contributed by atoms with Gasteiger partial charge in [0.15, 0.2) is 5.22 Å². The van der Waals surface area contributed by atoms with Gasteiger partial charge in [0, 0.05) is 12.6 Å². The van der Waals surface area contributed by atoms with Crippen LogP contribution in [0.25, 0.3) is 6.08 Å². The summed E-state index contributed by atoms with van der Waals surface area (Å²) < 4.78 is 5.16. The van der Waals surface area contributed by atoms with Crippen molar-refractivity contribution in [3.8, 4) is 0 Å². The van der Waals surface area contributed by atoms with Crippen molar-refractivity contribution in [1.82, 2.24) is 5.32 Å². The first-order chi connectivity index (χ1) is 6.34. The van der Waals surface area contributed by atoms with Crippen LogP contribution in [0.3, 0.4) is 0 Å². The third kappa shape index (κ3) is 2.90. The van der Waals surface area contributed by atoms with Crippen LogP contribution in [0.5, 0.6) is 0 Å². The van der Waals surface area contributed by atoms with E-state index in [9.17, 15) is 0 Å². The van der Waals surface area contributed by atoms with Crippen molar-refractivity contribution in [3.63, 3.8) is 0 Å². The van der Waals surface area contributed by atoms with Crippen molar-refractivity contribution in [2.45, 2.75) is 18.9 Å². The van der Waals surface area contributed by atoms with Gasteiger partial charge in [0.1, 0.15) is 5.76 Å². The van der Waals surface area contributed by atoms with Gasteiger partial charge < -0.3 is 9.73 Å². The number of nitrogens with one attached hydrogen (secondary N) is 1. The number of rotatable bonds is 4. The van der Waals surface area contributed by atoms with E-state index in [1.807, 2.05) is 18.2 Å². The minimum absolute atomic E-state index is 0.440. The van der Waals surface area contributed by atoms with Crippen molar-refractivity contribution in [3.05, 3.63) is 29.2 Å². The maximum Gasteiger partial charge on any atom is 0.193 e. The second-order valence-corrected chi connectivity index (χ2v) is 3.60. The van der Waals surface area contributed by atoms with Gasteiger partial charge in [0.2, 0.25) is 0 Å². The van der Waals surface area contributed by atoms with Gasteiger partial charge in [-0.3, -0.25) is 0 Å². The van der Waals surface area contributed by atoms with E-state index in [0.717, 1.165) is 18.3 Å². The Morgan fingerprint density at radius 2 is 2.38 bits per heavy atom. The van der Waals surface area contributed by atoms with Gasteiger partial charge in [0.05, 0.1) is 0 Å². The molecular formula is C10H12ClNO. The minimum atomic E-state index is 0.440. The summed E-state index contributed by atoms with van der Waals surface area (Å²) in [5.74, 6) is 0.808. The number of hydrogen-bond donors (Lipinski definition) is 1. The lowest BCUT2D eigenvalue weighted by Crippen LogP contribution is -2.15. The van der Waals surface area contributed by atoms with E-state index < -0.39 is 0 Å². The molecule has 13 heavy (non-hydrogen) atoms. The molecule has 0 bridgehead atoms. The molecule has 0 unspecified atom stereocenters. The zero-order valence-corrected chi connectivity index (χ0v) is 8.05. The summed E-state index contributed by atoms with van der Waals surface area (Å²) in [5.41, 5.74) is 0. The van der Waals surface area contributed by atoms with Crippen molar-refractivity contribution < 1.29 is 4.42 Å². The monoisotopic (exact) mass is 197 g/mol. The Hall–Kier alpha value is -0.730. The predicted molar refractivity (Wildman–Crippen MR) is 53.8 cm³/mol. The standard InChI is InChI=1S/C10H12ClNO/c11-10-6-5-9(13-10)2-1-7-12-8-3-4-8/h1-2,5-6,8,12H,3-4,7H2. The first-order valence-corrected chi connectivity index (χ1v) is 4.87. The molecule has 3 heteroatoms. The van der Waals surface area contributed by atoms with Crippen LogP contribution in [0, 0.1) is 0 Å². The lowest BCUT2D eigenvalue weighted by molar-refractivity contribution is 0.559. The highest BCUT2D eigenvalue weighted by atomic mass is 35.5. The Labute approximate surface area is 82.6 Å². The van der Waals surface area contributed by atoms with Crippen LogP contribution in [0.15, 0.2) is 22.6 Å². The van der Waals surface area contributed by atoms with Gasteiger partial charge in [-0.05, 0) is 42.7 Å². The van der Waals surface area contributed by atoms with E-state index >= 15 is 0 Å². The fourth-order valence-corrected chi connectivity index (χ4v) is 1.27. The molecule has 1 aliphatic rings. The molecule has 1 fully saturated rings. The van der Waals surface area contributed by atoms with E-state index in [2.05, 4.69) is 5.32 Å². The molecule has 1 aromatic rings. The molecule has 0 amide bonds. The third-order valence-corrected chi connectivity index (χ3v) is 2.18. The highest BCUT2D eigenvalue weighted by molar-refractivity contribution is 6.28. The first-order valence-electron chi connectivity index (χ1n) is 4.50. The highest BCUT2D eigenvalue weighted by Crippen LogP contribution is 2.18. The fraction of sp³-hybridized carbons (Fsp3) is 0.400. The average molecular weight is 198 g/mol. The van der Waals surface area contributed by atoms with Gasteiger partial charge in [-0.15, -0.1) is 0 Å². The van der Waals surface area contributed by atoms with Gasteiger partial charge in [-0.25, -0.2) is 0 Å². The maximum atomic E-state index is 5.62. The smallest absolute Gasteiger partial charge is 0.193 e. The van der Waals surface area contributed by atoms with Crippen molar-refractivity contribution in [2.75, 3.05) is 6.54 Å². The molecule has 1 aromatic heterocycles. The summed E-state index contributed by atoms with van der Waals surface area (Å²) in [4.78, 5) is 0. The molecule has 0 radical (unpaired) electrons. The highest BCUT2D eigenvalue weighted by Gasteiger charge is 2.18. The van der Waals surface area contributed by atoms with Crippen LogP contribution in [-0.2, 0) is 0 Å². The van der Waals surface area contributed by atoms with E-state index in [1.165, 1.54) is 12.8 Å². The Bertz CT molecular complexity index is 302. The second kappa shape index (κ2) is 3.99. The molecule has 0 aromatic carbocycles. The van der Waals surface area contributed by atoms with Crippen LogP contribution in [0.1, 0.15) is 18.6 Å². The average Bonchev–Trinajstić information content (AvgIpc) is 2.84. The van der Waals surface area contributed by atoms with Crippen LogP contribution in [-0.4, -0.2) is 12.6 Å². The number of furan rings is 1. The largest absolute Gasteiger partial charge is 0.445 e. The molecule has 0 spiro atoms. The molecule has 0 aliphatic heterocycles. The quantitative estimate of drug-likeness (QED) is 0.803. The topological polar surface area (TPSA) is 25.2 Å². The van der Waals surface area contributed by atoms with E-state index in [4.69, 9.17) is 16.0 Å². The van der Waals surface area contributed by atoms with Gasteiger partial charge in [-0.2, -0.15) is 0 Å². The first kappa shape index (κ1) is 8.85. The summed E-state index contributed by atoms with van der Waals surface area (Å²) in [6.45, 7) is 0.906. The van der Waals surface area contributed by atoms with Crippen molar-refractivity contribution in [2.24, 2.45) is 0 Å². The molecule has 2 nitrogen and oxygen atoms in total. The molecule has 0 saturated heterocycles. The normalized spacial score (nSPS) is 17.0. The Kier molecular flexibility index (Phi) is 2.71. The summed E-state index contributed by atoms with van der Waals surface area (Å²) in [6, 6.07) is 4.36. The lowest BCUT2D eigenvalue weighted by Gasteiger charge is -1.93. The molecule has 70 valence electrons. The van der Waals surface area contributed by atoms with Gasteiger partial charge in [0.25, 0.3) is 0 Å². The molecule has 1 saturated carbocycles.